The predicted molar refractivity (Wildman–Crippen MR) is 76.8 cm³/mol. The molecule has 0 saturated carbocycles. The van der Waals surface area contributed by atoms with Gasteiger partial charge in [0.05, 0.1) is 6.04 Å². The molecule has 104 valence electrons. The van der Waals surface area contributed by atoms with Gasteiger partial charge in [-0.3, -0.25) is 4.79 Å². The molecule has 2 rings (SSSR count). The quantitative estimate of drug-likeness (QED) is 0.841. The van der Waals surface area contributed by atoms with E-state index in [0.29, 0.717) is 12.5 Å². The lowest BCUT2D eigenvalue weighted by atomic mass is 10.0. The van der Waals surface area contributed by atoms with Gasteiger partial charge < -0.3 is 16.0 Å². The first-order chi connectivity index (χ1) is 9.20. The first-order valence-electron chi connectivity index (χ1n) is 6.96. The molecule has 4 heteroatoms. The van der Waals surface area contributed by atoms with Crippen LogP contribution in [0.2, 0.25) is 0 Å². The summed E-state index contributed by atoms with van der Waals surface area (Å²) in [6.45, 7) is 1.61. The Bertz CT molecular complexity index is 407. The third-order valence-electron chi connectivity index (χ3n) is 3.76. The van der Waals surface area contributed by atoms with Crippen molar-refractivity contribution in [3.63, 3.8) is 0 Å². The Balaban J connectivity index is 1.91. The van der Waals surface area contributed by atoms with Gasteiger partial charge in [0, 0.05) is 19.1 Å². The summed E-state index contributed by atoms with van der Waals surface area (Å²) < 4.78 is 0. The molecule has 1 aromatic carbocycles. The van der Waals surface area contributed by atoms with E-state index in [1.165, 1.54) is 0 Å². The van der Waals surface area contributed by atoms with E-state index >= 15 is 0 Å². The highest BCUT2D eigenvalue weighted by Gasteiger charge is 2.26. The summed E-state index contributed by atoms with van der Waals surface area (Å²) in [5.41, 5.74) is 7.17. The van der Waals surface area contributed by atoms with Crippen LogP contribution in [0.3, 0.4) is 0 Å². The van der Waals surface area contributed by atoms with Gasteiger partial charge in [-0.15, -0.1) is 0 Å². The summed E-state index contributed by atoms with van der Waals surface area (Å²) in [4.78, 5) is 14.2. The van der Waals surface area contributed by atoms with Crippen LogP contribution in [0.25, 0.3) is 0 Å². The van der Waals surface area contributed by atoms with Crippen LogP contribution in [0.5, 0.6) is 0 Å². The van der Waals surface area contributed by atoms with Crippen molar-refractivity contribution in [3.05, 3.63) is 35.9 Å². The summed E-state index contributed by atoms with van der Waals surface area (Å²) in [7, 11) is 1.95. The molecule has 1 amide bonds. The molecule has 1 saturated heterocycles. The van der Waals surface area contributed by atoms with Crippen molar-refractivity contribution in [3.8, 4) is 0 Å². The number of benzene rings is 1. The minimum atomic E-state index is -0.432. The Kier molecular flexibility index (Phi) is 4.93. The number of rotatable bonds is 4. The van der Waals surface area contributed by atoms with Gasteiger partial charge in [0.1, 0.15) is 0 Å². The van der Waals surface area contributed by atoms with Crippen molar-refractivity contribution in [2.45, 2.75) is 31.3 Å². The summed E-state index contributed by atoms with van der Waals surface area (Å²) in [6.07, 6.45) is 2.80. The summed E-state index contributed by atoms with van der Waals surface area (Å²) in [5, 5.41) is 3.24. The first-order valence-corrected chi connectivity index (χ1v) is 6.96. The van der Waals surface area contributed by atoms with Gasteiger partial charge in [-0.1, -0.05) is 30.3 Å². The molecule has 0 spiro atoms. The zero-order chi connectivity index (χ0) is 13.7. The van der Waals surface area contributed by atoms with E-state index in [1.807, 2.05) is 42.3 Å². The molecule has 2 unspecified atom stereocenters. The number of amides is 1. The van der Waals surface area contributed by atoms with Crippen LogP contribution in [-0.4, -0.2) is 43.0 Å². The van der Waals surface area contributed by atoms with Crippen LogP contribution in [0.15, 0.2) is 30.3 Å². The SMILES string of the molecule is CNC1CCCN(C(=O)C(N)Cc2ccccc2)C1. The molecular formula is C15H23N3O. The van der Waals surface area contributed by atoms with Crippen LogP contribution < -0.4 is 11.1 Å². The van der Waals surface area contributed by atoms with E-state index in [2.05, 4.69) is 5.32 Å². The van der Waals surface area contributed by atoms with Crippen molar-refractivity contribution in [1.29, 1.82) is 0 Å². The Morgan fingerprint density at radius 3 is 2.89 bits per heavy atom. The minimum absolute atomic E-state index is 0.0730. The maximum atomic E-state index is 12.3. The second-order valence-corrected chi connectivity index (χ2v) is 5.21. The number of likely N-dealkylation sites (tertiary alicyclic amines) is 1. The second-order valence-electron chi connectivity index (χ2n) is 5.21. The lowest BCUT2D eigenvalue weighted by Gasteiger charge is -2.34. The van der Waals surface area contributed by atoms with E-state index in [9.17, 15) is 4.79 Å². The predicted octanol–water partition coefficient (Wildman–Crippen LogP) is 0.767. The molecular weight excluding hydrogens is 238 g/mol. The van der Waals surface area contributed by atoms with Crippen molar-refractivity contribution < 1.29 is 4.79 Å². The minimum Gasteiger partial charge on any atom is -0.340 e. The summed E-state index contributed by atoms with van der Waals surface area (Å²) >= 11 is 0. The maximum Gasteiger partial charge on any atom is 0.239 e. The average Bonchev–Trinajstić information content (AvgIpc) is 2.47. The van der Waals surface area contributed by atoms with Crippen LogP contribution in [0.4, 0.5) is 0 Å². The Morgan fingerprint density at radius 2 is 2.21 bits per heavy atom. The Labute approximate surface area is 115 Å². The molecule has 19 heavy (non-hydrogen) atoms. The molecule has 1 fully saturated rings. The number of nitrogens with zero attached hydrogens (tertiary/aromatic N) is 1. The van der Waals surface area contributed by atoms with Gasteiger partial charge in [-0.2, -0.15) is 0 Å². The molecule has 4 nitrogen and oxygen atoms in total. The highest BCUT2D eigenvalue weighted by Crippen LogP contribution is 2.12. The van der Waals surface area contributed by atoms with E-state index in [-0.39, 0.29) is 5.91 Å². The molecule has 1 aliphatic heterocycles. The lowest BCUT2D eigenvalue weighted by molar-refractivity contribution is -0.133. The van der Waals surface area contributed by atoms with E-state index in [1.54, 1.807) is 0 Å². The van der Waals surface area contributed by atoms with Gasteiger partial charge in [0.2, 0.25) is 5.91 Å². The zero-order valence-corrected chi connectivity index (χ0v) is 11.5. The number of hydrogen-bond acceptors (Lipinski definition) is 3. The maximum absolute atomic E-state index is 12.3. The van der Waals surface area contributed by atoms with Crippen LogP contribution in [0.1, 0.15) is 18.4 Å². The average molecular weight is 261 g/mol. The van der Waals surface area contributed by atoms with E-state index < -0.39 is 6.04 Å². The molecule has 0 aromatic heterocycles. The molecule has 0 radical (unpaired) electrons. The van der Waals surface area contributed by atoms with Gasteiger partial charge in [0.25, 0.3) is 0 Å². The molecule has 1 heterocycles. The molecule has 0 aliphatic carbocycles. The fraction of sp³-hybridized carbons (Fsp3) is 0.533. The molecule has 0 bridgehead atoms. The van der Waals surface area contributed by atoms with Gasteiger partial charge in [-0.05, 0) is 31.9 Å². The lowest BCUT2D eigenvalue weighted by Crippen LogP contribution is -2.52. The fourth-order valence-corrected chi connectivity index (χ4v) is 2.60. The molecule has 1 aromatic rings. The topological polar surface area (TPSA) is 58.4 Å². The van der Waals surface area contributed by atoms with Crippen molar-refractivity contribution in [2.24, 2.45) is 5.73 Å². The fourth-order valence-electron chi connectivity index (χ4n) is 2.60. The largest absolute Gasteiger partial charge is 0.340 e. The number of carbonyl (C=O) groups excluding carboxylic acids is 1. The molecule has 2 atom stereocenters. The second kappa shape index (κ2) is 6.68. The monoisotopic (exact) mass is 261 g/mol. The molecule has 1 aliphatic rings. The number of likely N-dealkylation sites (N-methyl/N-ethyl adjacent to an activating group) is 1. The normalized spacial score (nSPS) is 21.2. The smallest absolute Gasteiger partial charge is 0.239 e. The highest BCUT2D eigenvalue weighted by molar-refractivity contribution is 5.82. The number of hydrogen-bond donors (Lipinski definition) is 2. The first kappa shape index (κ1) is 14.0. The van der Waals surface area contributed by atoms with Gasteiger partial charge >= 0.3 is 0 Å². The van der Waals surface area contributed by atoms with Crippen LogP contribution in [0, 0.1) is 0 Å². The van der Waals surface area contributed by atoms with E-state index in [0.717, 1.165) is 31.5 Å². The number of piperidine rings is 1. The third kappa shape index (κ3) is 3.78. The van der Waals surface area contributed by atoms with Crippen molar-refractivity contribution >= 4 is 5.91 Å². The highest BCUT2D eigenvalue weighted by atomic mass is 16.2. The van der Waals surface area contributed by atoms with Crippen molar-refractivity contribution in [1.82, 2.24) is 10.2 Å². The van der Waals surface area contributed by atoms with Gasteiger partial charge in [-0.25, -0.2) is 0 Å². The zero-order valence-electron chi connectivity index (χ0n) is 11.5. The van der Waals surface area contributed by atoms with Crippen LogP contribution in [-0.2, 0) is 11.2 Å². The van der Waals surface area contributed by atoms with Crippen molar-refractivity contribution in [2.75, 3.05) is 20.1 Å². The number of nitrogens with two attached hydrogens (primary N) is 1. The Morgan fingerprint density at radius 1 is 1.47 bits per heavy atom. The molecule has 3 N–H and O–H groups in total. The summed E-state index contributed by atoms with van der Waals surface area (Å²) in [6, 6.07) is 9.92. The standard InChI is InChI=1S/C15H23N3O/c1-17-13-8-5-9-18(11-13)15(19)14(16)10-12-6-3-2-4-7-12/h2-4,6-7,13-14,17H,5,8-11,16H2,1H3. The number of carbonyl (C=O) groups is 1. The Hall–Kier alpha value is -1.39. The summed E-state index contributed by atoms with van der Waals surface area (Å²) in [5.74, 6) is 0.0730. The van der Waals surface area contributed by atoms with Gasteiger partial charge in [0.15, 0.2) is 0 Å². The van der Waals surface area contributed by atoms with E-state index in [4.69, 9.17) is 5.73 Å². The van der Waals surface area contributed by atoms with Crippen LogP contribution >= 0.6 is 0 Å². The number of nitrogens with one attached hydrogen (secondary N) is 1. The third-order valence-corrected chi connectivity index (χ3v) is 3.76.